The molecule has 2 N–H and O–H groups in total. The van der Waals surface area contributed by atoms with E-state index in [-0.39, 0.29) is 18.1 Å². The fourth-order valence-electron chi connectivity index (χ4n) is 1.87. The highest BCUT2D eigenvalue weighted by atomic mass is 35.5. The topological polar surface area (TPSA) is 74.8 Å². The van der Waals surface area contributed by atoms with Crippen molar-refractivity contribution in [3.8, 4) is 11.5 Å². The monoisotopic (exact) mass is 314 g/mol. The van der Waals surface area contributed by atoms with Gasteiger partial charge in [0.25, 0.3) is 0 Å². The van der Waals surface area contributed by atoms with Crippen molar-refractivity contribution in [2.75, 3.05) is 34.4 Å². The van der Waals surface area contributed by atoms with Crippen LogP contribution in [0.15, 0.2) is 18.2 Å². The van der Waals surface area contributed by atoms with Crippen molar-refractivity contribution in [2.45, 2.75) is 0 Å². The van der Waals surface area contributed by atoms with Gasteiger partial charge in [0, 0.05) is 18.0 Å². The molecule has 0 aliphatic heterocycles. The number of fused-ring (bicyclic) bond motifs is 1. The van der Waals surface area contributed by atoms with Crippen LogP contribution in [-0.4, -0.2) is 55.3 Å². The van der Waals surface area contributed by atoms with Crippen molar-refractivity contribution < 1.29 is 19.4 Å². The Kier molecular flexibility index (Phi) is 5.87. The third-order valence-electron chi connectivity index (χ3n) is 2.93. The van der Waals surface area contributed by atoms with Crippen LogP contribution in [0.2, 0.25) is 0 Å². The van der Waals surface area contributed by atoms with Crippen LogP contribution in [0, 0.1) is 0 Å². The Bertz CT molecular complexity index is 625. The number of carboxylic acids is 1. The molecule has 1 aromatic carbocycles. The zero-order valence-electron chi connectivity index (χ0n) is 12.2. The summed E-state index contributed by atoms with van der Waals surface area (Å²) in [7, 11) is 5.49. The smallest absolute Gasteiger partial charge is 0.352 e. The summed E-state index contributed by atoms with van der Waals surface area (Å²) < 4.78 is 11.0. The van der Waals surface area contributed by atoms with Crippen molar-refractivity contribution in [1.82, 2.24) is 9.88 Å². The maximum Gasteiger partial charge on any atom is 0.352 e. The van der Waals surface area contributed by atoms with Gasteiger partial charge in [-0.25, -0.2) is 4.79 Å². The summed E-state index contributed by atoms with van der Waals surface area (Å²) in [6, 6.07) is 5.10. The van der Waals surface area contributed by atoms with Crippen LogP contribution >= 0.6 is 12.4 Å². The molecule has 116 valence electrons. The first-order valence-electron chi connectivity index (χ1n) is 6.23. The van der Waals surface area contributed by atoms with Crippen molar-refractivity contribution >= 4 is 29.3 Å². The Morgan fingerprint density at radius 1 is 1.29 bits per heavy atom. The molecule has 0 unspecified atom stereocenters. The summed E-state index contributed by atoms with van der Waals surface area (Å²) >= 11 is 0. The van der Waals surface area contributed by atoms with Crippen LogP contribution in [0.4, 0.5) is 0 Å². The van der Waals surface area contributed by atoms with Gasteiger partial charge in [-0.05, 0) is 26.2 Å². The van der Waals surface area contributed by atoms with E-state index in [9.17, 15) is 4.79 Å². The zero-order valence-corrected chi connectivity index (χ0v) is 13.0. The number of aromatic nitrogens is 1. The number of methoxy groups -OCH3 is 1. The first-order chi connectivity index (χ1) is 9.51. The van der Waals surface area contributed by atoms with Crippen molar-refractivity contribution in [3.05, 3.63) is 23.9 Å². The van der Waals surface area contributed by atoms with Crippen LogP contribution < -0.4 is 9.47 Å². The summed E-state index contributed by atoms with van der Waals surface area (Å²) in [5.41, 5.74) is 0.857. The number of halogens is 1. The van der Waals surface area contributed by atoms with Crippen LogP contribution in [0.25, 0.3) is 10.9 Å². The summed E-state index contributed by atoms with van der Waals surface area (Å²) in [6.07, 6.45) is 0. The lowest BCUT2D eigenvalue weighted by Gasteiger charge is -2.13. The first-order valence-corrected chi connectivity index (χ1v) is 6.23. The second-order valence-corrected chi connectivity index (χ2v) is 4.73. The lowest BCUT2D eigenvalue weighted by atomic mass is 10.2. The number of carbonyl (C=O) groups is 1. The molecular weight excluding hydrogens is 296 g/mol. The first kappa shape index (κ1) is 17.1. The van der Waals surface area contributed by atoms with Gasteiger partial charge >= 0.3 is 5.97 Å². The minimum absolute atomic E-state index is 0. The molecule has 0 bridgehead atoms. The van der Waals surface area contributed by atoms with Gasteiger partial charge in [0.05, 0.1) is 12.6 Å². The number of H-pyrrole nitrogens is 1. The lowest BCUT2D eigenvalue weighted by molar-refractivity contribution is 0.0691. The number of benzene rings is 1. The van der Waals surface area contributed by atoms with Gasteiger partial charge in [-0.1, -0.05) is 0 Å². The van der Waals surface area contributed by atoms with E-state index in [2.05, 4.69) is 4.98 Å². The molecule has 0 aliphatic carbocycles. The molecule has 21 heavy (non-hydrogen) atoms. The molecule has 0 atom stereocenters. The summed E-state index contributed by atoms with van der Waals surface area (Å²) in [5.74, 6) is 0.197. The van der Waals surface area contributed by atoms with Gasteiger partial charge in [-0.15, -0.1) is 12.4 Å². The number of nitrogens with zero attached hydrogens (tertiary/aromatic N) is 1. The van der Waals surface area contributed by atoms with E-state index in [0.29, 0.717) is 23.6 Å². The second kappa shape index (κ2) is 7.19. The fraction of sp³-hybridized carbons (Fsp3) is 0.357. The highest BCUT2D eigenvalue weighted by molar-refractivity contribution is 5.94. The van der Waals surface area contributed by atoms with E-state index in [1.54, 1.807) is 25.3 Å². The molecule has 0 amide bonds. The molecule has 0 saturated heterocycles. The van der Waals surface area contributed by atoms with Crippen molar-refractivity contribution in [1.29, 1.82) is 0 Å². The van der Waals surface area contributed by atoms with E-state index in [1.807, 2.05) is 19.0 Å². The minimum Gasteiger partial charge on any atom is -0.493 e. The van der Waals surface area contributed by atoms with Gasteiger partial charge in [0.15, 0.2) is 11.5 Å². The number of rotatable bonds is 6. The van der Waals surface area contributed by atoms with Gasteiger partial charge < -0.3 is 24.5 Å². The highest BCUT2D eigenvalue weighted by Gasteiger charge is 2.12. The fourth-order valence-corrected chi connectivity index (χ4v) is 1.87. The van der Waals surface area contributed by atoms with Gasteiger partial charge in [0.1, 0.15) is 12.3 Å². The van der Waals surface area contributed by atoms with E-state index >= 15 is 0 Å². The Labute approximate surface area is 129 Å². The molecule has 0 saturated carbocycles. The van der Waals surface area contributed by atoms with E-state index in [0.717, 1.165) is 11.9 Å². The maximum absolute atomic E-state index is 11.0. The van der Waals surface area contributed by atoms with Gasteiger partial charge in [0.2, 0.25) is 0 Å². The molecule has 2 rings (SSSR count). The number of ether oxygens (including phenoxy) is 2. The van der Waals surface area contributed by atoms with E-state index in [1.165, 1.54) is 0 Å². The second-order valence-electron chi connectivity index (χ2n) is 4.73. The lowest BCUT2D eigenvalue weighted by Crippen LogP contribution is -2.19. The predicted molar refractivity (Wildman–Crippen MR) is 83.1 cm³/mol. The number of carboxylic acid groups (broad SMARTS) is 1. The van der Waals surface area contributed by atoms with E-state index < -0.39 is 5.97 Å². The molecule has 6 nitrogen and oxygen atoms in total. The number of aromatic amines is 1. The SMILES string of the molecule is COc1cc2cc(C(=O)O)[nH]c2cc1OCCN(C)C.Cl. The highest BCUT2D eigenvalue weighted by Crippen LogP contribution is 2.32. The summed E-state index contributed by atoms with van der Waals surface area (Å²) in [6.45, 7) is 1.31. The number of nitrogens with one attached hydrogen (secondary N) is 1. The van der Waals surface area contributed by atoms with E-state index in [4.69, 9.17) is 14.6 Å². The molecule has 1 aromatic heterocycles. The Balaban J connectivity index is 0.00000220. The average Bonchev–Trinajstić information content (AvgIpc) is 2.80. The Morgan fingerprint density at radius 3 is 2.57 bits per heavy atom. The third kappa shape index (κ3) is 4.03. The van der Waals surface area contributed by atoms with Crippen molar-refractivity contribution in [3.63, 3.8) is 0 Å². The van der Waals surface area contributed by atoms with Gasteiger partial charge in [-0.2, -0.15) is 0 Å². The summed E-state index contributed by atoms with van der Waals surface area (Å²) in [5, 5.41) is 9.76. The Hall–Kier alpha value is -1.92. The number of hydrogen-bond acceptors (Lipinski definition) is 4. The standard InChI is InChI=1S/C14H18N2O4.ClH/c1-16(2)4-5-20-13-8-10-9(7-12(13)19-3)6-11(15-10)14(17)18;/h6-8,15H,4-5H2,1-3H3,(H,17,18);1H. The zero-order chi connectivity index (χ0) is 14.7. The molecule has 0 radical (unpaired) electrons. The molecule has 1 heterocycles. The molecule has 7 heteroatoms. The van der Waals surface area contributed by atoms with Crippen LogP contribution in [0.5, 0.6) is 11.5 Å². The maximum atomic E-state index is 11.0. The molecule has 0 spiro atoms. The quantitative estimate of drug-likeness (QED) is 0.855. The molecular formula is C14H19ClN2O4. The molecule has 2 aromatic rings. The van der Waals surface area contributed by atoms with Crippen LogP contribution in [0.3, 0.4) is 0 Å². The average molecular weight is 315 g/mol. The minimum atomic E-state index is -0.991. The number of likely N-dealkylation sites (N-methyl/N-ethyl adjacent to an activating group) is 1. The van der Waals surface area contributed by atoms with Crippen molar-refractivity contribution in [2.24, 2.45) is 0 Å². The predicted octanol–water partition coefficient (Wildman–Crippen LogP) is 2.24. The normalized spacial score (nSPS) is 10.5. The van der Waals surface area contributed by atoms with Crippen LogP contribution in [0.1, 0.15) is 10.5 Å². The summed E-state index contributed by atoms with van der Waals surface area (Å²) in [4.78, 5) is 15.8. The number of hydrogen-bond donors (Lipinski definition) is 2. The third-order valence-corrected chi connectivity index (χ3v) is 2.93. The molecule has 0 fully saturated rings. The van der Waals surface area contributed by atoms with Crippen LogP contribution in [-0.2, 0) is 0 Å². The largest absolute Gasteiger partial charge is 0.493 e. The number of aromatic carboxylic acids is 1. The van der Waals surface area contributed by atoms with Gasteiger partial charge in [-0.3, -0.25) is 0 Å². The Morgan fingerprint density at radius 2 is 2.00 bits per heavy atom. The molecule has 0 aliphatic rings.